The van der Waals surface area contributed by atoms with E-state index in [1.54, 1.807) is 14.2 Å². The molecule has 3 heteroatoms. The topological polar surface area (TPSA) is 30.5 Å². The fourth-order valence-electron chi connectivity index (χ4n) is 2.35. The maximum atomic E-state index is 5.34. The molecule has 1 saturated heterocycles. The molecule has 0 aromatic heterocycles. The molecule has 2 atom stereocenters. The van der Waals surface area contributed by atoms with E-state index in [9.17, 15) is 0 Å². The van der Waals surface area contributed by atoms with Crippen LogP contribution in [0.2, 0.25) is 0 Å². The second-order valence-corrected chi connectivity index (χ2v) is 4.76. The van der Waals surface area contributed by atoms with E-state index in [1.165, 1.54) is 18.4 Å². The lowest BCUT2D eigenvalue weighted by molar-refractivity contribution is 0.328. The molecule has 1 fully saturated rings. The van der Waals surface area contributed by atoms with Crippen LogP contribution in [0.5, 0.6) is 11.5 Å². The number of piperidine rings is 1. The summed E-state index contributed by atoms with van der Waals surface area (Å²) in [4.78, 5) is 0. The lowest BCUT2D eigenvalue weighted by atomic mass is 9.92. The Kier molecular flexibility index (Phi) is 3.89. The first-order chi connectivity index (χ1) is 8.24. The molecule has 0 amide bonds. The Morgan fingerprint density at radius 3 is 2.47 bits per heavy atom. The van der Waals surface area contributed by atoms with Gasteiger partial charge in [0.2, 0.25) is 0 Å². The van der Waals surface area contributed by atoms with E-state index in [2.05, 4.69) is 24.4 Å². The number of benzene rings is 1. The van der Waals surface area contributed by atoms with Crippen molar-refractivity contribution in [2.75, 3.05) is 20.8 Å². The van der Waals surface area contributed by atoms with Crippen LogP contribution in [0.4, 0.5) is 0 Å². The number of ether oxygens (including phenoxy) is 2. The largest absolute Gasteiger partial charge is 0.493 e. The first-order valence-corrected chi connectivity index (χ1v) is 6.20. The fraction of sp³-hybridized carbons (Fsp3) is 0.571. The highest BCUT2D eigenvalue weighted by molar-refractivity contribution is 5.43. The maximum Gasteiger partial charge on any atom is 0.161 e. The summed E-state index contributed by atoms with van der Waals surface area (Å²) in [5.74, 6) is 2.39. The molecular formula is C14H21NO2. The number of hydrogen-bond donors (Lipinski definition) is 1. The van der Waals surface area contributed by atoms with Crippen molar-refractivity contribution in [2.24, 2.45) is 5.92 Å². The van der Waals surface area contributed by atoms with E-state index in [4.69, 9.17) is 9.47 Å². The lowest BCUT2D eigenvalue weighted by Crippen LogP contribution is -2.31. The molecule has 0 bridgehead atoms. The standard InChI is InChI=1S/C14H21NO2/c1-10-4-6-12(15-9-10)11-5-7-13(16-2)14(8-11)17-3/h5,7-8,10,12,15H,4,6,9H2,1-3H3/t10-,12+/m0/s1. The molecule has 1 aliphatic heterocycles. The van der Waals surface area contributed by atoms with Gasteiger partial charge in [-0.05, 0) is 43.0 Å². The van der Waals surface area contributed by atoms with Crippen molar-refractivity contribution in [3.63, 3.8) is 0 Å². The summed E-state index contributed by atoms with van der Waals surface area (Å²) in [6.07, 6.45) is 2.47. The van der Waals surface area contributed by atoms with Gasteiger partial charge in [-0.25, -0.2) is 0 Å². The molecule has 1 aliphatic rings. The second kappa shape index (κ2) is 5.41. The van der Waals surface area contributed by atoms with Crippen LogP contribution in [0.25, 0.3) is 0 Å². The molecule has 1 aromatic rings. The summed E-state index contributed by atoms with van der Waals surface area (Å²) in [5.41, 5.74) is 1.29. The van der Waals surface area contributed by atoms with E-state index in [0.29, 0.717) is 6.04 Å². The van der Waals surface area contributed by atoms with Crippen molar-refractivity contribution < 1.29 is 9.47 Å². The molecule has 17 heavy (non-hydrogen) atoms. The van der Waals surface area contributed by atoms with Crippen LogP contribution in [0.15, 0.2) is 18.2 Å². The Morgan fingerprint density at radius 2 is 1.88 bits per heavy atom. The second-order valence-electron chi connectivity index (χ2n) is 4.76. The normalized spacial score (nSPS) is 24.4. The zero-order valence-electron chi connectivity index (χ0n) is 10.8. The van der Waals surface area contributed by atoms with Gasteiger partial charge in [0.25, 0.3) is 0 Å². The first kappa shape index (κ1) is 12.2. The molecule has 3 nitrogen and oxygen atoms in total. The molecule has 1 aromatic carbocycles. The quantitative estimate of drug-likeness (QED) is 0.874. The Labute approximate surface area is 103 Å². The summed E-state index contributed by atoms with van der Waals surface area (Å²) < 4.78 is 10.6. The van der Waals surface area contributed by atoms with Gasteiger partial charge >= 0.3 is 0 Å². The highest BCUT2D eigenvalue weighted by atomic mass is 16.5. The number of nitrogens with one attached hydrogen (secondary N) is 1. The maximum absolute atomic E-state index is 5.34. The summed E-state index contributed by atoms with van der Waals surface area (Å²) in [6.45, 7) is 3.39. The Bertz CT molecular complexity index is 370. The summed E-state index contributed by atoms with van der Waals surface area (Å²) in [7, 11) is 3.34. The lowest BCUT2D eigenvalue weighted by Gasteiger charge is -2.28. The van der Waals surface area contributed by atoms with Crippen molar-refractivity contribution in [3.8, 4) is 11.5 Å². The highest BCUT2D eigenvalue weighted by Crippen LogP contribution is 2.33. The average molecular weight is 235 g/mol. The molecule has 94 valence electrons. The first-order valence-electron chi connectivity index (χ1n) is 6.20. The van der Waals surface area contributed by atoms with Gasteiger partial charge in [-0.15, -0.1) is 0 Å². The van der Waals surface area contributed by atoms with Crippen LogP contribution < -0.4 is 14.8 Å². The third-order valence-electron chi connectivity index (χ3n) is 3.47. The zero-order valence-corrected chi connectivity index (χ0v) is 10.8. The Hall–Kier alpha value is -1.22. The SMILES string of the molecule is COc1ccc([C@H]2CC[C@H](C)CN2)cc1OC. The van der Waals surface area contributed by atoms with E-state index in [0.717, 1.165) is 24.0 Å². The molecule has 1 heterocycles. The molecule has 0 unspecified atom stereocenters. The van der Waals surface area contributed by atoms with Crippen LogP contribution in [-0.4, -0.2) is 20.8 Å². The minimum atomic E-state index is 0.450. The molecule has 1 N–H and O–H groups in total. The molecule has 0 radical (unpaired) electrons. The summed E-state index contributed by atoms with van der Waals surface area (Å²) >= 11 is 0. The number of methoxy groups -OCH3 is 2. The average Bonchev–Trinajstić information content (AvgIpc) is 2.39. The Balaban J connectivity index is 2.16. The van der Waals surface area contributed by atoms with Gasteiger partial charge in [0.15, 0.2) is 11.5 Å². The minimum Gasteiger partial charge on any atom is -0.493 e. The van der Waals surface area contributed by atoms with Crippen LogP contribution >= 0.6 is 0 Å². The molecular weight excluding hydrogens is 214 g/mol. The van der Waals surface area contributed by atoms with Crippen LogP contribution in [0, 0.1) is 5.92 Å². The van der Waals surface area contributed by atoms with E-state index >= 15 is 0 Å². The molecule has 0 saturated carbocycles. The molecule has 2 rings (SSSR count). The number of hydrogen-bond acceptors (Lipinski definition) is 3. The van der Waals surface area contributed by atoms with Gasteiger partial charge < -0.3 is 14.8 Å². The van der Waals surface area contributed by atoms with Crippen molar-refractivity contribution in [2.45, 2.75) is 25.8 Å². The zero-order chi connectivity index (χ0) is 12.3. The predicted octanol–water partition coefficient (Wildman–Crippen LogP) is 2.76. The van der Waals surface area contributed by atoms with E-state index < -0.39 is 0 Å². The predicted molar refractivity (Wildman–Crippen MR) is 68.7 cm³/mol. The highest BCUT2D eigenvalue weighted by Gasteiger charge is 2.19. The van der Waals surface area contributed by atoms with Gasteiger partial charge in [0, 0.05) is 6.04 Å². The summed E-state index contributed by atoms with van der Waals surface area (Å²) in [5, 5.41) is 3.58. The third kappa shape index (κ3) is 2.72. The van der Waals surface area contributed by atoms with Crippen LogP contribution in [0.3, 0.4) is 0 Å². The van der Waals surface area contributed by atoms with Gasteiger partial charge in [0.05, 0.1) is 14.2 Å². The van der Waals surface area contributed by atoms with Gasteiger partial charge in [0.1, 0.15) is 0 Å². The van der Waals surface area contributed by atoms with Gasteiger partial charge in [-0.1, -0.05) is 13.0 Å². The third-order valence-corrected chi connectivity index (χ3v) is 3.47. The van der Waals surface area contributed by atoms with Crippen molar-refractivity contribution in [1.29, 1.82) is 0 Å². The van der Waals surface area contributed by atoms with Crippen LogP contribution in [0.1, 0.15) is 31.4 Å². The van der Waals surface area contributed by atoms with Crippen molar-refractivity contribution in [3.05, 3.63) is 23.8 Å². The van der Waals surface area contributed by atoms with Gasteiger partial charge in [-0.3, -0.25) is 0 Å². The molecule has 0 aliphatic carbocycles. The molecule has 0 spiro atoms. The smallest absolute Gasteiger partial charge is 0.161 e. The fourth-order valence-corrected chi connectivity index (χ4v) is 2.35. The van der Waals surface area contributed by atoms with Gasteiger partial charge in [-0.2, -0.15) is 0 Å². The van der Waals surface area contributed by atoms with E-state index in [1.807, 2.05) is 6.07 Å². The Morgan fingerprint density at radius 1 is 1.12 bits per heavy atom. The monoisotopic (exact) mass is 235 g/mol. The van der Waals surface area contributed by atoms with Crippen LogP contribution in [-0.2, 0) is 0 Å². The number of rotatable bonds is 3. The van der Waals surface area contributed by atoms with E-state index in [-0.39, 0.29) is 0 Å². The van der Waals surface area contributed by atoms with Crippen molar-refractivity contribution in [1.82, 2.24) is 5.32 Å². The summed E-state index contributed by atoms with van der Waals surface area (Å²) in [6, 6.07) is 6.63. The van der Waals surface area contributed by atoms with Crippen molar-refractivity contribution >= 4 is 0 Å². The minimum absolute atomic E-state index is 0.450.